The highest BCUT2D eigenvalue weighted by atomic mass is 16.5. The summed E-state index contributed by atoms with van der Waals surface area (Å²) in [4.78, 5) is 40.2. The molecular weight excluding hydrogens is 452 g/mol. The highest BCUT2D eigenvalue weighted by Gasteiger charge is 2.20. The number of esters is 1. The van der Waals surface area contributed by atoms with E-state index in [-0.39, 0.29) is 5.95 Å². The highest BCUT2D eigenvalue weighted by Crippen LogP contribution is 2.25. The Labute approximate surface area is 200 Å². The molecule has 1 aliphatic rings. The summed E-state index contributed by atoms with van der Waals surface area (Å²) in [6.07, 6.45) is 9.96. The lowest BCUT2D eigenvalue weighted by molar-refractivity contribution is 0.0525. The Morgan fingerprint density at radius 3 is 2.54 bits per heavy atom. The van der Waals surface area contributed by atoms with Crippen LogP contribution in [0.4, 0.5) is 17.7 Å². The van der Waals surface area contributed by atoms with Gasteiger partial charge in [-0.15, -0.1) is 0 Å². The number of hydrogen-bond donors (Lipinski definition) is 2. The van der Waals surface area contributed by atoms with Crippen molar-refractivity contribution in [3.05, 3.63) is 48.4 Å². The molecule has 5 rings (SSSR count). The molecule has 0 aliphatic carbocycles. The third-order valence-corrected chi connectivity index (χ3v) is 5.34. The molecule has 180 valence electrons. The Bertz CT molecular complexity index is 1320. The molecule has 0 atom stereocenters. The van der Waals surface area contributed by atoms with Crippen molar-refractivity contribution < 1.29 is 14.3 Å². The zero-order valence-electron chi connectivity index (χ0n) is 19.1. The zero-order chi connectivity index (χ0) is 24.2. The predicted octanol–water partition coefficient (Wildman–Crippen LogP) is 1.18. The summed E-state index contributed by atoms with van der Waals surface area (Å²) in [6.45, 7) is 5.09. The van der Waals surface area contributed by atoms with E-state index in [4.69, 9.17) is 25.2 Å². The van der Waals surface area contributed by atoms with E-state index in [2.05, 4.69) is 30.2 Å². The van der Waals surface area contributed by atoms with Crippen LogP contribution in [0.1, 0.15) is 23.0 Å². The lowest BCUT2D eigenvalue weighted by atomic mass is 10.2. The van der Waals surface area contributed by atoms with Crippen LogP contribution < -0.4 is 16.0 Å². The SMILES string of the molecule is CCOC(=O)c1cnc(NCc2cn3cc(-c4cnc(N)nc4)nc(N4CCOCC4)c3n2)nc1. The fraction of sp³-hybridized carbons (Fsp3) is 0.318. The third kappa shape index (κ3) is 4.94. The Hall–Kier alpha value is -4.39. The first kappa shape index (κ1) is 22.4. The number of nitrogens with zero attached hydrogens (tertiary/aromatic N) is 8. The number of morpholine rings is 1. The van der Waals surface area contributed by atoms with Crippen molar-refractivity contribution in [2.45, 2.75) is 13.5 Å². The van der Waals surface area contributed by atoms with Crippen LogP contribution in [0.5, 0.6) is 0 Å². The molecule has 0 amide bonds. The molecule has 0 saturated carbocycles. The van der Waals surface area contributed by atoms with Crippen LogP contribution in [-0.2, 0) is 16.0 Å². The topological polar surface area (TPSA) is 159 Å². The van der Waals surface area contributed by atoms with Crippen molar-refractivity contribution in [1.82, 2.24) is 34.3 Å². The minimum Gasteiger partial charge on any atom is -0.462 e. The quantitative estimate of drug-likeness (QED) is 0.367. The molecule has 0 aromatic carbocycles. The summed E-state index contributed by atoms with van der Waals surface area (Å²) in [6, 6.07) is 0. The number of aromatic nitrogens is 7. The summed E-state index contributed by atoms with van der Waals surface area (Å²) in [5.41, 5.74) is 8.88. The number of fused-ring (bicyclic) bond motifs is 1. The maximum atomic E-state index is 11.8. The lowest BCUT2D eigenvalue weighted by Crippen LogP contribution is -2.37. The van der Waals surface area contributed by atoms with Gasteiger partial charge >= 0.3 is 5.97 Å². The standard InChI is InChI=1S/C22H24N10O3/c1-2-35-20(33)15-9-26-22(27-10-15)28-11-16-12-32-13-17(14-7-24-21(23)25-8-14)30-19(18(32)29-16)31-3-5-34-6-4-31/h7-10,12-13H,2-6,11H2,1H3,(H2,23,24,25)(H,26,27,28). The summed E-state index contributed by atoms with van der Waals surface area (Å²) in [5.74, 6) is 0.881. The first-order chi connectivity index (χ1) is 17.1. The average molecular weight is 477 g/mol. The van der Waals surface area contributed by atoms with Crippen molar-refractivity contribution in [3.63, 3.8) is 0 Å². The number of ether oxygens (including phenoxy) is 2. The van der Waals surface area contributed by atoms with E-state index in [1.54, 1.807) is 19.3 Å². The van der Waals surface area contributed by atoms with Crippen molar-refractivity contribution in [2.75, 3.05) is 48.9 Å². The van der Waals surface area contributed by atoms with Gasteiger partial charge < -0.3 is 29.8 Å². The smallest absolute Gasteiger partial charge is 0.341 e. The fourth-order valence-electron chi connectivity index (χ4n) is 3.62. The molecule has 5 heterocycles. The van der Waals surface area contributed by atoms with Crippen LogP contribution in [0.2, 0.25) is 0 Å². The van der Waals surface area contributed by atoms with Crippen LogP contribution >= 0.6 is 0 Å². The van der Waals surface area contributed by atoms with Gasteiger partial charge in [-0.1, -0.05) is 0 Å². The second kappa shape index (κ2) is 9.85. The minimum absolute atomic E-state index is 0.205. The van der Waals surface area contributed by atoms with Crippen LogP contribution in [0.15, 0.2) is 37.2 Å². The molecule has 3 N–H and O–H groups in total. The van der Waals surface area contributed by atoms with Crippen LogP contribution in [0.3, 0.4) is 0 Å². The van der Waals surface area contributed by atoms with E-state index in [9.17, 15) is 4.79 Å². The summed E-state index contributed by atoms with van der Waals surface area (Å²) in [7, 11) is 0. The second-order valence-corrected chi connectivity index (χ2v) is 7.71. The molecule has 1 aliphatic heterocycles. The highest BCUT2D eigenvalue weighted by molar-refractivity contribution is 5.88. The summed E-state index contributed by atoms with van der Waals surface area (Å²) in [5, 5.41) is 3.13. The van der Waals surface area contributed by atoms with Gasteiger partial charge in [-0.3, -0.25) is 0 Å². The molecule has 13 nitrogen and oxygen atoms in total. The minimum atomic E-state index is -0.454. The molecular formula is C22H24N10O3. The number of carbonyl (C=O) groups excluding carboxylic acids is 1. The first-order valence-electron chi connectivity index (χ1n) is 11.1. The molecule has 0 radical (unpaired) electrons. The van der Waals surface area contributed by atoms with E-state index in [1.807, 2.05) is 16.8 Å². The van der Waals surface area contributed by atoms with Crippen LogP contribution in [-0.4, -0.2) is 73.2 Å². The van der Waals surface area contributed by atoms with Crippen molar-refractivity contribution in [3.8, 4) is 11.3 Å². The summed E-state index contributed by atoms with van der Waals surface area (Å²) < 4.78 is 12.4. The van der Waals surface area contributed by atoms with E-state index in [0.29, 0.717) is 56.7 Å². The van der Waals surface area contributed by atoms with Gasteiger partial charge in [0.1, 0.15) is 0 Å². The Kier molecular flexibility index (Phi) is 6.30. The predicted molar refractivity (Wildman–Crippen MR) is 127 cm³/mol. The van der Waals surface area contributed by atoms with Crippen molar-refractivity contribution >= 4 is 29.3 Å². The Morgan fingerprint density at radius 1 is 1.09 bits per heavy atom. The number of anilines is 3. The van der Waals surface area contributed by atoms with Crippen LogP contribution in [0.25, 0.3) is 16.9 Å². The molecule has 1 saturated heterocycles. The van der Waals surface area contributed by atoms with E-state index < -0.39 is 5.97 Å². The molecule has 0 spiro atoms. The number of nitrogens with one attached hydrogen (secondary N) is 1. The van der Waals surface area contributed by atoms with Crippen molar-refractivity contribution in [1.29, 1.82) is 0 Å². The number of nitrogens with two attached hydrogens (primary N) is 1. The zero-order valence-corrected chi connectivity index (χ0v) is 19.1. The van der Waals surface area contributed by atoms with Gasteiger partial charge in [0, 0.05) is 55.8 Å². The number of rotatable bonds is 7. The lowest BCUT2D eigenvalue weighted by Gasteiger charge is -2.28. The van der Waals surface area contributed by atoms with Gasteiger partial charge in [0.15, 0.2) is 11.5 Å². The van der Waals surface area contributed by atoms with Gasteiger partial charge in [0.2, 0.25) is 11.9 Å². The fourth-order valence-corrected chi connectivity index (χ4v) is 3.62. The maximum Gasteiger partial charge on any atom is 0.341 e. The van der Waals surface area contributed by atoms with Gasteiger partial charge in [-0.05, 0) is 6.92 Å². The largest absolute Gasteiger partial charge is 0.462 e. The number of nitrogen functional groups attached to an aromatic ring is 1. The van der Waals surface area contributed by atoms with Gasteiger partial charge in [-0.2, -0.15) is 0 Å². The maximum absolute atomic E-state index is 11.8. The van der Waals surface area contributed by atoms with E-state index in [0.717, 1.165) is 22.7 Å². The molecule has 0 unspecified atom stereocenters. The second-order valence-electron chi connectivity index (χ2n) is 7.71. The molecule has 1 fully saturated rings. The van der Waals surface area contributed by atoms with Gasteiger partial charge in [0.05, 0.1) is 43.3 Å². The van der Waals surface area contributed by atoms with Crippen molar-refractivity contribution in [2.24, 2.45) is 0 Å². The molecule has 4 aromatic heterocycles. The molecule has 4 aromatic rings. The van der Waals surface area contributed by atoms with Gasteiger partial charge in [-0.25, -0.2) is 34.7 Å². The third-order valence-electron chi connectivity index (χ3n) is 5.34. The Balaban J connectivity index is 1.41. The number of imidazole rings is 1. The molecule has 13 heteroatoms. The molecule has 35 heavy (non-hydrogen) atoms. The monoisotopic (exact) mass is 476 g/mol. The molecule has 0 bridgehead atoms. The van der Waals surface area contributed by atoms with E-state index in [1.165, 1.54) is 12.4 Å². The van der Waals surface area contributed by atoms with Crippen LogP contribution in [0, 0.1) is 0 Å². The number of hydrogen-bond acceptors (Lipinski definition) is 12. The number of carbonyl (C=O) groups is 1. The summed E-state index contributed by atoms with van der Waals surface area (Å²) >= 11 is 0. The Morgan fingerprint density at radius 2 is 1.83 bits per heavy atom. The normalized spacial score (nSPS) is 13.7. The van der Waals surface area contributed by atoms with Gasteiger partial charge in [0.25, 0.3) is 0 Å². The first-order valence-corrected chi connectivity index (χ1v) is 11.1. The van der Waals surface area contributed by atoms with E-state index >= 15 is 0 Å². The average Bonchev–Trinajstić information content (AvgIpc) is 3.31.